The number of thiocarbonyl (C=S) groups is 1. The van der Waals surface area contributed by atoms with Crippen LogP contribution in [0.25, 0.3) is 0 Å². The minimum atomic E-state index is -4.76. The summed E-state index contributed by atoms with van der Waals surface area (Å²) in [6.45, 7) is 1.82. The van der Waals surface area contributed by atoms with Crippen molar-refractivity contribution in [3.8, 4) is 11.5 Å². The molecule has 0 aromatic heterocycles. The molecule has 2 aromatic carbocycles. The van der Waals surface area contributed by atoms with E-state index in [9.17, 15) is 13.2 Å². The van der Waals surface area contributed by atoms with Gasteiger partial charge in [-0.05, 0) is 42.9 Å². The number of aryl methyl sites for hydroxylation is 1. The zero-order valence-corrected chi connectivity index (χ0v) is 14.8. The third kappa shape index (κ3) is 5.68. The Balaban J connectivity index is 2.11. The van der Waals surface area contributed by atoms with Crippen LogP contribution in [0.5, 0.6) is 11.5 Å². The minimum Gasteiger partial charge on any atom is -0.495 e. The van der Waals surface area contributed by atoms with Crippen LogP contribution in [0, 0.1) is 6.92 Å². The first-order chi connectivity index (χ1) is 11.7. The van der Waals surface area contributed by atoms with Crippen LogP contribution >= 0.6 is 23.8 Å². The molecular formula is C16H14ClF3N2O2S. The lowest BCUT2D eigenvalue weighted by molar-refractivity contribution is -0.274. The van der Waals surface area contributed by atoms with E-state index in [2.05, 4.69) is 15.4 Å². The SMILES string of the molecule is COc1cc(Cl)c(C)cc1NC(=S)Nc1cccc(OC(F)(F)F)c1. The quantitative estimate of drug-likeness (QED) is 0.687. The van der Waals surface area contributed by atoms with Crippen molar-refractivity contribution in [3.63, 3.8) is 0 Å². The number of ether oxygens (including phenoxy) is 2. The van der Waals surface area contributed by atoms with Crippen LogP contribution in [-0.2, 0) is 0 Å². The molecule has 0 unspecified atom stereocenters. The Morgan fingerprint density at radius 3 is 2.52 bits per heavy atom. The fourth-order valence-electron chi connectivity index (χ4n) is 1.99. The van der Waals surface area contributed by atoms with E-state index in [0.29, 0.717) is 22.1 Å². The van der Waals surface area contributed by atoms with E-state index in [1.54, 1.807) is 18.2 Å². The first-order valence-corrected chi connectivity index (χ1v) is 7.74. The van der Waals surface area contributed by atoms with Crippen LogP contribution in [0.3, 0.4) is 0 Å². The maximum atomic E-state index is 12.3. The Morgan fingerprint density at radius 1 is 1.16 bits per heavy atom. The average molecular weight is 391 g/mol. The monoisotopic (exact) mass is 390 g/mol. The van der Waals surface area contributed by atoms with Crippen molar-refractivity contribution in [2.24, 2.45) is 0 Å². The van der Waals surface area contributed by atoms with Crippen molar-refractivity contribution in [1.82, 2.24) is 0 Å². The third-order valence-corrected chi connectivity index (χ3v) is 3.67. The zero-order chi connectivity index (χ0) is 18.6. The van der Waals surface area contributed by atoms with Crippen LogP contribution in [0.1, 0.15) is 5.56 Å². The average Bonchev–Trinajstić information content (AvgIpc) is 2.49. The van der Waals surface area contributed by atoms with E-state index in [1.807, 2.05) is 6.92 Å². The second kappa shape index (κ2) is 7.79. The summed E-state index contributed by atoms with van der Waals surface area (Å²) in [5, 5.41) is 6.42. The van der Waals surface area contributed by atoms with Crippen molar-refractivity contribution >= 4 is 40.3 Å². The predicted octanol–water partition coefficient (Wildman–Crippen LogP) is 5.36. The molecule has 0 bridgehead atoms. The number of benzene rings is 2. The van der Waals surface area contributed by atoms with Crippen molar-refractivity contribution < 1.29 is 22.6 Å². The lowest BCUT2D eigenvalue weighted by atomic mass is 10.2. The summed E-state index contributed by atoms with van der Waals surface area (Å²) >= 11 is 11.2. The Kier molecular flexibility index (Phi) is 5.97. The molecule has 0 heterocycles. The van der Waals surface area contributed by atoms with Gasteiger partial charge in [-0.3, -0.25) is 0 Å². The molecule has 2 aromatic rings. The first kappa shape index (κ1) is 19.1. The predicted molar refractivity (Wildman–Crippen MR) is 95.7 cm³/mol. The molecule has 0 amide bonds. The van der Waals surface area contributed by atoms with E-state index in [0.717, 1.165) is 5.56 Å². The van der Waals surface area contributed by atoms with E-state index in [1.165, 1.54) is 25.3 Å². The Hall–Kier alpha value is -2.19. The Bertz CT molecular complexity index is 784. The minimum absolute atomic E-state index is 0.171. The third-order valence-electron chi connectivity index (χ3n) is 3.05. The zero-order valence-electron chi connectivity index (χ0n) is 13.2. The number of nitrogens with one attached hydrogen (secondary N) is 2. The topological polar surface area (TPSA) is 42.5 Å². The summed E-state index contributed by atoms with van der Waals surface area (Å²) in [6.07, 6.45) is -4.76. The van der Waals surface area contributed by atoms with Gasteiger partial charge in [-0.15, -0.1) is 13.2 Å². The van der Waals surface area contributed by atoms with Crippen LogP contribution in [0.15, 0.2) is 36.4 Å². The molecule has 0 atom stereocenters. The van der Waals surface area contributed by atoms with Crippen molar-refractivity contribution in [2.45, 2.75) is 13.3 Å². The molecule has 0 aliphatic rings. The fourth-order valence-corrected chi connectivity index (χ4v) is 2.37. The molecule has 9 heteroatoms. The second-order valence-corrected chi connectivity index (χ2v) is 5.77. The van der Waals surface area contributed by atoms with Gasteiger partial charge in [-0.1, -0.05) is 17.7 Å². The second-order valence-electron chi connectivity index (χ2n) is 4.96. The van der Waals surface area contributed by atoms with Crippen molar-refractivity contribution in [2.75, 3.05) is 17.7 Å². The number of hydrogen-bond donors (Lipinski definition) is 2. The Labute approximate surface area is 152 Å². The van der Waals surface area contributed by atoms with E-state index in [4.69, 9.17) is 28.6 Å². The van der Waals surface area contributed by atoms with Crippen molar-refractivity contribution in [3.05, 3.63) is 47.0 Å². The van der Waals surface area contributed by atoms with Crippen LogP contribution in [0.4, 0.5) is 24.5 Å². The number of halogens is 4. The summed E-state index contributed by atoms with van der Waals surface area (Å²) in [6, 6.07) is 8.74. The van der Waals surface area contributed by atoms with Gasteiger partial charge in [0, 0.05) is 22.8 Å². The molecule has 2 N–H and O–H groups in total. The highest BCUT2D eigenvalue weighted by molar-refractivity contribution is 7.80. The highest BCUT2D eigenvalue weighted by atomic mass is 35.5. The molecule has 0 aliphatic carbocycles. The smallest absolute Gasteiger partial charge is 0.495 e. The van der Waals surface area contributed by atoms with Gasteiger partial charge < -0.3 is 20.1 Å². The van der Waals surface area contributed by atoms with E-state index in [-0.39, 0.29) is 10.9 Å². The maximum Gasteiger partial charge on any atom is 0.573 e. The molecule has 0 fully saturated rings. The molecule has 0 aliphatic heterocycles. The largest absolute Gasteiger partial charge is 0.573 e. The van der Waals surface area contributed by atoms with Crippen LogP contribution < -0.4 is 20.1 Å². The molecule has 0 spiro atoms. The number of hydrogen-bond acceptors (Lipinski definition) is 3. The van der Waals surface area contributed by atoms with Crippen LogP contribution in [-0.4, -0.2) is 18.6 Å². The van der Waals surface area contributed by atoms with Gasteiger partial charge in [0.25, 0.3) is 0 Å². The summed E-state index contributed by atoms with van der Waals surface area (Å²) in [5.41, 5.74) is 1.72. The highest BCUT2D eigenvalue weighted by Crippen LogP contribution is 2.31. The van der Waals surface area contributed by atoms with Gasteiger partial charge in [-0.25, -0.2) is 0 Å². The highest BCUT2D eigenvalue weighted by Gasteiger charge is 2.31. The molecule has 2 rings (SSSR count). The molecule has 25 heavy (non-hydrogen) atoms. The van der Waals surface area contributed by atoms with Gasteiger partial charge in [0.15, 0.2) is 5.11 Å². The molecule has 0 radical (unpaired) electrons. The lowest BCUT2D eigenvalue weighted by Gasteiger charge is -2.15. The van der Waals surface area contributed by atoms with Gasteiger partial charge in [-0.2, -0.15) is 0 Å². The van der Waals surface area contributed by atoms with Gasteiger partial charge in [0.05, 0.1) is 12.8 Å². The first-order valence-electron chi connectivity index (χ1n) is 6.96. The van der Waals surface area contributed by atoms with E-state index >= 15 is 0 Å². The number of methoxy groups -OCH3 is 1. The maximum absolute atomic E-state index is 12.3. The Morgan fingerprint density at radius 2 is 1.88 bits per heavy atom. The fraction of sp³-hybridized carbons (Fsp3) is 0.188. The van der Waals surface area contributed by atoms with Gasteiger partial charge >= 0.3 is 6.36 Å². The van der Waals surface area contributed by atoms with Crippen molar-refractivity contribution in [1.29, 1.82) is 0 Å². The molecule has 4 nitrogen and oxygen atoms in total. The molecule has 0 saturated heterocycles. The number of anilines is 2. The van der Waals surface area contributed by atoms with Crippen LogP contribution in [0.2, 0.25) is 5.02 Å². The summed E-state index contributed by atoms with van der Waals surface area (Å²) in [7, 11) is 1.49. The summed E-state index contributed by atoms with van der Waals surface area (Å²) in [5.74, 6) is 0.133. The summed E-state index contributed by atoms with van der Waals surface area (Å²) < 4.78 is 45.9. The molecule has 0 saturated carbocycles. The van der Waals surface area contributed by atoms with Gasteiger partial charge in [0.2, 0.25) is 0 Å². The lowest BCUT2D eigenvalue weighted by Crippen LogP contribution is -2.20. The summed E-state index contributed by atoms with van der Waals surface area (Å²) in [4.78, 5) is 0. The standard InChI is InChI=1S/C16H14ClF3N2O2S/c1-9-6-13(14(23-2)8-12(9)17)22-15(25)21-10-4-3-5-11(7-10)24-16(18,19)20/h3-8H,1-2H3,(H2,21,22,25). The normalized spacial score (nSPS) is 11.0. The number of alkyl halides is 3. The van der Waals surface area contributed by atoms with E-state index < -0.39 is 6.36 Å². The molecular weight excluding hydrogens is 377 g/mol. The van der Waals surface area contributed by atoms with Gasteiger partial charge in [0.1, 0.15) is 11.5 Å². The molecule has 134 valence electrons. The number of rotatable bonds is 4.